The topological polar surface area (TPSA) is 77.5 Å². The van der Waals surface area contributed by atoms with E-state index >= 15 is 0 Å². The number of thiol groups is 1. The Kier molecular flexibility index (Phi) is 3.09. The maximum absolute atomic E-state index is 10.2. The summed E-state index contributed by atoms with van der Waals surface area (Å²) in [6.45, 7) is 0. The Morgan fingerprint density at radius 2 is 1.89 bits per heavy atom. The number of hydrogen-bond acceptors (Lipinski definition) is 5. The minimum Gasteiger partial charge on any atom is -0.273 e. The van der Waals surface area contributed by atoms with Crippen molar-refractivity contribution < 1.29 is 21.0 Å². The Morgan fingerprint density at radius 1 is 1.44 bits per heavy atom. The van der Waals surface area contributed by atoms with Crippen LogP contribution in [0.2, 0.25) is 0 Å². The Bertz CT molecular complexity index is 226. The van der Waals surface area contributed by atoms with Gasteiger partial charge in [0, 0.05) is 0 Å². The van der Waals surface area contributed by atoms with Gasteiger partial charge in [0.15, 0.2) is 15.8 Å². The van der Waals surface area contributed by atoms with E-state index in [0.29, 0.717) is 0 Å². The summed E-state index contributed by atoms with van der Waals surface area (Å²) in [6, 6.07) is 0. The zero-order valence-corrected chi connectivity index (χ0v) is 6.31. The molecular formula is C2H6O5S2. The molecule has 0 aliphatic rings. The molecule has 0 N–H and O–H groups in total. The van der Waals surface area contributed by atoms with Crippen molar-refractivity contribution in [2.75, 3.05) is 12.2 Å². The molecule has 0 bridgehead atoms. The largest absolute Gasteiger partial charge is 0.281 e. The zero-order chi connectivity index (χ0) is 7.49. The van der Waals surface area contributed by atoms with E-state index in [0.717, 1.165) is 7.11 Å². The van der Waals surface area contributed by atoms with E-state index < -0.39 is 25.9 Å². The molecule has 56 valence electrons. The first-order valence-corrected chi connectivity index (χ1v) is 4.82. The maximum atomic E-state index is 10.2. The fourth-order valence-corrected chi connectivity index (χ4v) is 1.64. The van der Waals surface area contributed by atoms with Crippen LogP contribution in [0.5, 0.6) is 0 Å². The second-order valence-corrected chi connectivity index (χ2v) is 4.33. The smallest absolute Gasteiger partial charge is 0.273 e. The van der Waals surface area contributed by atoms with Crippen LogP contribution in [-0.4, -0.2) is 29.0 Å². The second kappa shape index (κ2) is 3.14. The van der Waals surface area contributed by atoms with Gasteiger partial charge in [-0.15, -0.1) is 0 Å². The van der Waals surface area contributed by atoms with Crippen molar-refractivity contribution in [1.29, 1.82) is 0 Å². The van der Waals surface area contributed by atoms with E-state index in [-0.39, 0.29) is 0 Å². The first kappa shape index (κ1) is 8.86. The minimum absolute atomic E-state index is 0.911. The molecule has 0 atom stereocenters. The standard InChI is InChI=1S/C2H6O5S2/c1-7-9(5,6)2-8(3)4/h8H,2H2,1H3. The Morgan fingerprint density at radius 3 is 2.00 bits per heavy atom. The van der Waals surface area contributed by atoms with E-state index in [4.69, 9.17) is 0 Å². The van der Waals surface area contributed by atoms with Crippen molar-refractivity contribution in [3.8, 4) is 0 Å². The average Bonchev–Trinajstić information content (AvgIpc) is 1.63. The molecule has 9 heavy (non-hydrogen) atoms. The molecule has 0 radical (unpaired) electrons. The summed E-state index contributed by atoms with van der Waals surface area (Å²) in [7, 11) is -5.81. The monoisotopic (exact) mass is 174 g/mol. The molecule has 0 rings (SSSR count). The summed E-state index contributed by atoms with van der Waals surface area (Å²) in [6.07, 6.45) is 0. The van der Waals surface area contributed by atoms with Crippen molar-refractivity contribution >= 4 is 20.8 Å². The van der Waals surface area contributed by atoms with Crippen LogP contribution in [0, 0.1) is 0 Å². The predicted molar refractivity (Wildman–Crippen MR) is 31.1 cm³/mol. The van der Waals surface area contributed by atoms with Gasteiger partial charge in [0.2, 0.25) is 0 Å². The third-order valence-electron chi connectivity index (χ3n) is 0.517. The van der Waals surface area contributed by atoms with Crippen molar-refractivity contribution in [1.82, 2.24) is 0 Å². The van der Waals surface area contributed by atoms with Crippen LogP contribution in [0.25, 0.3) is 0 Å². The minimum atomic E-state index is -3.81. The van der Waals surface area contributed by atoms with Crippen molar-refractivity contribution in [3.63, 3.8) is 0 Å². The lowest BCUT2D eigenvalue weighted by Gasteiger charge is -1.91. The summed E-state index contributed by atoms with van der Waals surface area (Å²) >= 11 is 0. The third-order valence-corrected chi connectivity index (χ3v) is 3.13. The van der Waals surface area contributed by atoms with Crippen LogP contribution in [-0.2, 0) is 25.0 Å². The van der Waals surface area contributed by atoms with Gasteiger partial charge in [-0.1, -0.05) is 0 Å². The van der Waals surface area contributed by atoms with Crippen LogP contribution in [0.15, 0.2) is 0 Å². The van der Waals surface area contributed by atoms with E-state index in [1.165, 1.54) is 0 Å². The molecule has 5 nitrogen and oxygen atoms in total. The van der Waals surface area contributed by atoms with E-state index in [9.17, 15) is 16.8 Å². The molecule has 0 fully saturated rings. The lowest BCUT2D eigenvalue weighted by molar-refractivity contribution is 0.401. The highest BCUT2D eigenvalue weighted by Gasteiger charge is 2.08. The highest BCUT2D eigenvalue weighted by atomic mass is 32.3. The lowest BCUT2D eigenvalue weighted by atomic mass is 11.8. The summed E-state index contributed by atoms with van der Waals surface area (Å²) in [5.41, 5.74) is 0. The van der Waals surface area contributed by atoms with E-state index in [2.05, 4.69) is 4.18 Å². The van der Waals surface area contributed by atoms with Gasteiger partial charge in [-0.05, 0) is 0 Å². The normalized spacial score (nSPS) is 12.2. The Hall–Kier alpha value is -0.140. The average molecular weight is 174 g/mol. The molecule has 0 saturated carbocycles. The Balaban J connectivity index is 4.23. The maximum Gasteiger partial charge on any atom is 0.281 e. The van der Waals surface area contributed by atoms with Crippen molar-refractivity contribution in [2.45, 2.75) is 0 Å². The third kappa shape index (κ3) is 4.37. The van der Waals surface area contributed by atoms with Crippen LogP contribution in [0.1, 0.15) is 0 Å². The van der Waals surface area contributed by atoms with Gasteiger partial charge in [0.25, 0.3) is 10.1 Å². The quantitative estimate of drug-likeness (QED) is 0.417. The molecule has 0 amide bonds. The first-order valence-electron chi connectivity index (χ1n) is 1.88. The molecule has 0 spiro atoms. The fraction of sp³-hybridized carbons (Fsp3) is 1.00. The molecule has 0 unspecified atom stereocenters. The molecule has 0 saturated heterocycles. The van der Waals surface area contributed by atoms with Crippen LogP contribution in [0.3, 0.4) is 0 Å². The summed E-state index contributed by atoms with van der Waals surface area (Å²) in [5, 5.41) is -0.946. The molecule has 0 aliphatic carbocycles. The Labute approximate surface area is 54.7 Å². The summed E-state index contributed by atoms with van der Waals surface area (Å²) in [4.78, 5) is 0. The van der Waals surface area contributed by atoms with E-state index in [1.807, 2.05) is 0 Å². The zero-order valence-electron chi connectivity index (χ0n) is 4.60. The molecular weight excluding hydrogens is 168 g/mol. The lowest BCUT2D eigenvalue weighted by Crippen LogP contribution is -2.08. The molecule has 0 aromatic carbocycles. The molecule has 0 aromatic heterocycles. The van der Waals surface area contributed by atoms with Crippen molar-refractivity contribution in [2.24, 2.45) is 0 Å². The summed E-state index contributed by atoms with van der Waals surface area (Å²) in [5.74, 6) is 0. The fourth-order valence-electron chi connectivity index (χ4n) is 0.182. The number of rotatable bonds is 3. The van der Waals surface area contributed by atoms with Crippen LogP contribution >= 0.6 is 0 Å². The molecule has 7 heteroatoms. The van der Waals surface area contributed by atoms with Crippen LogP contribution in [0.4, 0.5) is 0 Å². The molecule has 0 heterocycles. The van der Waals surface area contributed by atoms with Gasteiger partial charge in [-0.2, -0.15) is 8.42 Å². The SMILES string of the molecule is COS(=O)(=O)C[SH](=O)=O. The van der Waals surface area contributed by atoms with E-state index in [1.54, 1.807) is 0 Å². The van der Waals surface area contributed by atoms with Gasteiger partial charge < -0.3 is 0 Å². The second-order valence-electron chi connectivity index (χ2n) is 1.19. The highest BCUT2D eigenvalue weighted by molar-refractivity contribution is 7.98. The molecule has 0 aromatic rings. The van der Waals surface area contributed by atoms with Gasteiger partial charge >= 0.3 is 0 Å². The van der Waals surface area contributed by atoms with Crippen molar-refractivity contribution in [3.05, 3.63) is 0 Å². The summed E-state index contributed by atoms with van der Waals surface area (Å²) < 4.78 is 43.7. The van der Waals surface area contributed by atoms with Gasteiger partial charge in [0.05, 0.1) is 7.11 Å². The predicted octanol–water partition coefficient (Wildman–Crippen LogP) is -1.47. The van der Waals surface area contributed by atoms with Gasteiger partial charge in [0.1, 0.15) is 0 Å². The van der Waals surface area contributed by atoms with Crippen LogP contribution < -0.4 is 0 Å². The first-order chi connectivity index (χ1) is 3.98. The number of hydrogen-bond donors (Lipinski definition) is 1. The highest BCUT2D eigenvalue weighted by Crippen LogP contribution is 1.87. The van der Waals surface area contributed by atoms with Gasteiger partial charge in [-0.3, -0.25) is 4.18 Å². The molecule has 0 aliphatic heterocycles. The van der Waals surface area contributed by atoms with Gasteiger partial charge in [-0.25, -0.2) is 8.42 Å².